The number of hydrogen-bond acceptors (Lipinski definition) is 2. The van der Waals surface area contributed by atoms with Gasteiger partial charge in [-0.3, -0.25) is 4.90 Å². The van der Waals surface area contributed by atoms with Crippen LogP contribution in [0.1, 0.15) is 46.5 Å². The molecular formula is C13H26N2. The molecule has 2 aliphatic rings. The van der Waals surface area contributed by atoms with Crippen LogP contribution in [0.5, 0.6) is 0 Å². The Bertz CT molecular complexity index is 225. The van der Waals surface area contributed by atoms with Crippen LogP contribution in [0.4, 0.5) is 0 Å². The van der Waals surface area contributed by atoms with Crippen LogP contribution in [0.3, 0.4) is 0 Å². The summed E-state index contributed by atoms with van der Waals surface area (Å²) in [5, 5.41) is 0. The van der Waals surface area contributed by atoms with E-state index in [-0.39, 0.29) is 0 Å². The Morgan fingerprint density at radius 3 is 2.53 bits per heavy atom. The SMILES string of the molecule is CC1CN(C2CCCC2(C)C)CCC1N. The van der Waals surface area contributed by atoms with Crippen molar-refractivity contribution in [1.29, 1.82) is 0 Å². The number of rotatable bonds is 1. The minimum atomic E-state index is 0.436. The molecule has 1 aliphatic carbocycles. The van der Waals surface area contributed by atoms with Crippen molar-refractivity contribution < 1.29 is 0 Å². The van der Waals surface area contributed by atoms with Crippen molar-refractivity contribution in [3.8, 4) is 0 Å². The lowest BCUT2D eigenvalue weighted by molar-refractivity contribution is 0.0638. The predicted molar refractivity (Wildman–Crippen MR) is 64.7 cm³/mol. The van der Waals surface area contributed by atoms with Crippen molar-refractivity contribution in [2.45, 2.75) is 58.5 Å². The normalized spacial score (nSPS) is 42.0. The first-order valence-electron chi connectivity index (χ1n) is 6.50. The molecule has 0 aromatic heterocycles. The number of hydrogen-bond donors (Lipinski definition) is 1. The lowest BCUT2D eigenvalue weighted by atomic mass is 9.84. The topological polar surface area (TPSA) is 29.3 Å². The van der Waals surface area contributed by atoms with Crippen molar-refractivity contribution in [2.24, 2.45) is 17.1 Å². The maximum absolute atomic E-state index is 6.08. The molecule has 1 heterocycles. The molecule has 2 N–H and O–H groups in total. The van der Waals surface area contributed by atoms with E-state index in [4.69, 9.17) is 5.73 Å². The van der Waals surface area contributed by atoms with Gasteiger partial charge in [0.1, 0.15) is 0 Å². The van der Waals surface area contributed by atoms with Crippen molar-refractivity contribution in [1.82, 2.24) is 4.90 Å². The smallest absolute Gasteiger partial charge is 0.0146 e. The first-order chi connectivity index (χ1) is 7.00. The van der Waals surface area contributed by atoms with Crippen LogP contribution in [0, 0.1) is 11.3 Å². The van der Waals surface area contributed by atoms with Gasteiger partial charge in [0.2, 0.25) is 0 Å². The first kappa shape index (κ1) is 11.4. The van der Waals surface area contributed by atoms with Gasteiger partial charge in [-0.15, -0.1) is 0 Å². The van der Waals surface area contributed by atoms with Gasteiger partial charge in [-0.1, -0.05) is 27.2 Å². The van der Waals surface area contributed by atoms with E-state index >= 15 is 0 Å². The molecule has 0 aromatic rings. The van der Waals surface area contributed by atoms with Gasteiger partial charge in [0.05, 0.1) is 0 Å². The van der Waals surface area contributed by atoms with E-state index in [2.05, 4.69) is 25.7 Å². The Labute approximate surface area is 94.2 Å². The van der Waals surface area contributed by atoms with Gasteiger partial charge in [-0.05, 0) is 37.1 Å². The van der Waals surface area contributed by atoms with Crippen LogP contribution < -0.4 is 5.73 Å². The highest BCUT2D eigenvalue weighted by Crippen LogP contribution is 2.41. The summed E-state index contributed by atoms with van der Waals surface area (Å²) in [4.78, 5) is 2.71. The molecule has 2 nitrogen and oxygen atoms in total. The Morgan fingerprint density at radius 2 is 2.00 bits per heavy atom. The minimum absolute atomic E-state index is 0.436. The highest BCUT2D eigenvalue weighted by Gasteiger charge is 2.40. The maximum atomic E-state index is 6.08. The van der Waals surface area contributed by atoms with Crippen LogP contribution in [0.15, 0.2) is 0 Å². The van der Waals surface area contributed by atoms with Gasteiger partial charge in [0, 0.05) is 18.6 Å². The third-order valence-corrected chi connectivity index (χ3v) is 4.64. The van der Waals surface area contributed by atoms with Gasteiger partial charge in [0.15, 0.2) is 0 Å². The molecule has 0 bridgehead atoms. The van der Waals surface area contributed by atoms with E-state index in [9.17, 15) is 0 Å². The summed E-state index contributed by atoms with van der Waals surface area (Å²) in [6, 6.07) is 1.25. The second-order valence-electron chi connectivity index (χ2n) is 6.32. The summed E-state index contributed by atoms with van der Waals surface area (Å²) in [5.74, 6) is 0.676. The lowest BCUT2D eigenvalue weighted by Gasteiger charge is -2.43. The second kappa shape index (κ2) is 4.06. The van der Waals surface area contributed by atoms with Crippen LogP contribution in [0.2, 0.25) is 0 Å². The molecular weight excluding hydrogens is 184 g/mol. The van der Waals surface area contributed by atoms with E-state index in [0.717, 1.165) is 6.04 Å². The quantitative estimate of drug-likeness (QED) is 0.719. The number of nitrogens with two attached hydrogens (primary N) is 1. The minimum Gasteiger partial charge on any atom is -0.327 e. The van der Waals surface area contributed by atoms with E-state index in [0.29, 0.717) is 17.4 Å². The molecule has 0 aromatic carbocycles. The summed E-state index contributed by atoms with van der Waals surface area (Å²) >= 11 is 0. The summed E-state index contributed by atoms with van der Waals surface area (Å²) in [6.45, 7) is 9.61. The maximum Gasteiger partial charge on any atom is 0.0146 e. The molecule has 15 heavy (non-hydrogen) atoms. The molecule has 88 valence electrons. The fraction of sp³-hybridized carbons (Fsp3) is 1.00. The van der Waals surface area contributed by atoms with Gasteiger partial charge in [-0.2, -0.15) is 0 Å². The molecule has 3 atom stereocenters. The van der Waals surface area contributed by atoms with Gasteiger partial charge in [-0.25, -0.2) is 0 Å². The molecule has 2 fully saturated rings. The summed E-state index contributed by atoms with van der Waals surface area (Å²) in [6.07, 6.45) is 5.39. The van der Waals surface area contributed by atoms with Crippen molar-refractivity contribution in [3.63, 3.8) is 0 Å². The van der Waals surface area contributed by atoms with Crippen LogP contribution >= 0.6 is 0 Å². The molecule has 2 rings (SSSR count). The molecule has 3 unspecified atom stereocenters. The zero-order valence-corrected chi connectivity index (χ0v) is 10.5. The highest BCUT2D eigenvalue weighted by atomic mass is 15.2. The zero-order chi connectivity index (χ0) is 11.1. The average Bonchev–Trinajstić information content (AvgIpc) is 2.50. The molecule has 0 radical (unpaired) electrons. The molecule has 2 heteroatoms. The molecule has 1 saturated carbocycles. The number of piperidine rings is 1. The molecule has 0 amide bonds. The van der Waals surface area contributed by atoms with Gasteiger partial charge < -0.3 is 5.73 Å². The van der Waals surface area contributed by atoms with E-state index in [1.54, 1.807) is 0 Å². The highest BCUT2D eigenvalue weighted by molar-refractivity contribution is 4.94. The summed E-state index contributed by atoms with van der Waals surface area (Å²) < 4.78 is 0. The second-order valence-corrected chi connectivity index (χ2v) is 6.32. The molecule has 0 spiro atoms. The number of likely N-dealkylation sites (tertiary alicyclic amines) is 1. The van der Waals surface area contributed by atoms with Crippen LogP contribution in [-0.4, -0.2) is 30.1 Å². The van der Waals surface area contributed by atoms with Crippen molar-refractivity contribution in [3.05, 3.63) is 0 Å². The van der Waals surface area contributed by atoms with E-state index in [1.165, 1.54) is 38.8 Å². The molecule has 1 saturated heterocycles. The fourth-order valence-electron chi connectivity index (χ4n) is 3.46. The standard InChI is InChI=1S/C13H26N2/c1-10-9-15(8-6-11(10)14)12-5-4-7-13(12,2)3/h10-12H,4-9,14H2,1-3H3. The Balaban J connectivity index is 1.99. The number of nitrogens with zero attached hydrogens (tertiary/aromatic N) is 1. The van der Waals surface area contributed by atoms with Crippen LogP contribution in [-0.2, 0) is 0 Å². The predicted octanol–water partition coefficient (Wildman–Crippen LogP) is 2.23. The Morgan fingerprint density at radius 1 is 1.27 bits per heavy atom. The van der Waals surface area contributed by atoms with E-state index < -0.39 is 0 Å². The summed E-state index contributed by atoms with van der Waals surface area (Å²) in [7, 11) is 0. The van der Waals surface area contributed by atoms with Gasteiger partial charge >= 0.3 is 0 Å². The van der Waals surface area contributed by atoms with Crippen molar-refractivity contribution >= 4 is 0 Å². The third kappa shape index (κ3) is 2.21. The Hall–Kier alpha value is -0.0800. The fourth-order valence-corrected chi connectivity index (χ4v) is 3.46. The Kier molecular flexibility index (Phi) is 3.09. The average molecular weight is 210 g/mol. The summed E-state index contributed by atoms with van der Waals surface area (Å²) in [5.41, 5.74) is 6.61. The van der Waals surface area contributed by atoms with Crippen LogP contribution in [0.25, 0.3) is 0 Å². The van der Waals surface area contributed by atoms with Gasteiger partial charge in [0.25, 0.3) is 0 Å². The molecule has 1 aliphatic heterocycles. The van der Waals surface area contributed by atoms with E-state index in [1.807, 2.05) is 0 Å². The largest absolute Gasteiger partial charge is 0.327 e. The van der Waals surface area contributed by atoms with Crippen molar-refractivity contribution in [2.75, 3.05) is 13.1 Å². The first-order valence-corrected chi connectivity index (χ1v) is 6.50. The monoisotopic (exact) mass is 210 g/mol. The lowest BCUT2D eigenvalue weighted by Crippen LogP contribution is -2.52. The third-order valence-electron chi connectivity index (χ3n) is 4.64. The zero-order valence-electron chi connectivity index (χ0n) is 10.5.